The van der Waals surface area contributed by atoms with Crippen LogP contribution in [0.25, 0.3) is 6.08 Å². The number of ether oxygens (including phenoxy) is 1. The number of amides is 2. The van der Waals surface area contributed by atoms with Crippen molar-refractivity contribution in [1.82, 2.24) is 5.32 Å². The number of nitrogens with one attached hydrogen (secondary N) is 1. The molecule has 0 aromatic heterocycles. The molecule has 1 fully saturated rings. The van der Waals surface area contributed by atoms with E-state index >= 15 is 0 Å². The zero-order chi connectivity index (χ0) is 23.5. The van der Waals surface area contributed by atoms with Crippen molar-refractivity contribution >= 4 is 23.6 Å². The molecule has 3 aromatic carbocycles. The smallest absolute Gasteiger partial charge is 0.294 e. The largest absolute Gasteiger partial charge is 0.449 e. The Hall–Kier alpha value is -3.93. The number of carbonyl (C=O) groups is 2. The third-order valence-corrected chi connectivity index (χ3v) is 6.28. The number of anilines is 1. The van der Waals surface area contributed by atoms with Gasteiger partial charge in [-0.15, -0.1) is 0 Å². The van der Waals surface area contributed by atoms with Gasteiger partial charge in [-0.1, -0.05) is 55.3 Å². The molecule has 0 radical (unpaired) electrons. The number of hydrogen-bond acceptors (Lipinski definition) is 3. The number of fused-ring (bicyclic) bond motifs is 1. The van der Waals surface area contributed by atoms with Gasteiger partial charge in [0.25, 0.3) is 11.8 Å². The molecular weight excluding hydrogens is 431 g/mol. The zero-order valence-electron chi connectivity index (χ0n) is 18.7. The Labute approximate surface area is 197 Å². The lowest BCUT2D eigenvalue weighted by Crippen LogP contribution is -2.37. The van der Waals surface area contributed by atoms with E-state index in [1.807, 2.05) is 12.1 Å². The van der Waals surface area contributed by atoms with E-state index < -0.39 is 0 Å². The second-order valence-electron chi connectivity index (χ2n) is 8.64. The van der Waals surface area contributed by atoms with Crippen LogP contribution in [0.4, 0.5) is 10.1 Å². The van der Waals surface area contributed by atoms with E-state index in [0.29, 0.717) is 22.6 Å². The van der Waals surface area contributed by atoms with Crippen LogP contribution in [0.5, 0.6) is 5.75 Å². The van der Waals surface area contributed by atoms with Crippen molar-refractivity contribution in [3.05, 3.63) is 101 Å². The average Bonchev–Trinajstić information content (AvgIpc) is 3.36. The Morgan fingerprint density at radius 3 is 2.47 bits per heavy atom. The number of hydrogen-bond donors (Lipinski definition) is 1. The highest BCUT2D eigenvalue weighted by atomic mass is 19.1. The molecule has 2 amide bonds. The van der Waals surface area contributed by atoms with Gasteiger partial charge in [0.2, 0.25) is 0 Å². The monoisotopic (exact) mass is 456 g/mol. The lowest BCUT2D eigenvalue weighted by atomic mass is 10.1. The summed E-state index contributed by atoms with van der Waals surface area (Å²) in [6, 6.07) is 20.9. The summed E-state index contributed by atoms with van der Waals surface area (Å²) in [5, 5.41) is 3.08. The van der Waals surface area contributed by atoms with Crippen LogP contribution in [0.1, 0.15) is 47.2 Å². The van der Waals surface area contributed by atoms with Crippen LogP contribution in [-0.4, -0.2) is 17.9 Å². The molecule has 5 nitrogen and oxygen atoms in total. The Morgan fingerprint density at radius 1 is 1.00 bits per heavy atom. The summed E-state index contributed by atoms with van der Waals surface area (Å²) in [4.78, 5) is 27.3. The van der Waals surface area contributed by atoms with Crippen molar-refractivity contribution in [3.8, 4) is 5.75 Å². The Balaban J connectivity index is 1.39. The number of rotatable bonds is 5. The Bertz CT molecular complexity index is 1250. The quantitative estimate of drug-likeness (QED) is 0.519. The first-order valence-corrected chi connectivity index (χ1v) is 11.5. The van der Waals surface area contributed by atoms with Gasteiger partial charge < -0.3 is 10.1 Å². The standard InChI is InChI=1S/C28H25FN2O3/c29-23-10-4-1-7-21(23)18-31-24-11-5-6-12-25(24)34-26(28(31)33)17-19-13-15-20(16-14-19)27(32)30-22-8-2-3-9-22/h1,4-7,10-17,22H,2-3,8-9,18H2,(H,30,32)/b26-17-. The fourth-order valence-corrected chi connectivity index (χ4v) is 4.44. The molecule has 1 heterocycles. The first kappa shape index (κ1) is 21.9. The van der Waals surface area contributed by atoms with Gasteiger partial charge >= 0.3 is 0 Å². The molecule has 0 atom stereocenters. The predicted octanol–water partition coefficient (Wildman–Crippen LogP) is 5.46. The average molecular weight is 457 g/mol. The van der Waals surface area contributed by atoms with Crippen molar-refractivity contribution in [2.45, 2.75) is 38.3 Å². The van der Waals surface area contributed by atoms with Gasteiger partial charge in [0.15, 0.2) is 11.5 Å². The van der Waals surface area contributed by atoms with Crippen molar-refractivity contribution in [2.24, 2.45) is 0 Å². The second-order valence-corrected chi connectivity index (χ2v) is 8.64. The molecule has 0 spiro atoms. The van der Waals surface area contributed by atoms with Gasteiger partial charge in [-0.3, -0.25) is 14.5 Å². The van der Waals surface area contributed by atoms with Crippen molar-refractivity contribution in [1.29, 1.82) is 0 Å². The normalized spacial score (nSPS) is 16.9. The number of benzene rings is 3. The van der Waals surface area contributed by atoms with E-state index in [4.69, 9.17) is 4.74 Å². The van der Waals surface area contributed by atoms with Gasteiger partial charge in [0.05, 0.1) is 12.2 Å². The summed E-state index contributed by atoms with van der Waals surface area (Å²) in [6.45, 7) is 0.0868. The maximum Gasteiger partial charge on any atom is 0.294 e. The van der Waals surface area contributed by atoms with Gasteiger partial charge in [-0.05, 0) is 54.8 Å². The minimum absolute atomic E-state index is 0.0823. The van der Waals surface area contributed by atoms with Crippen molar-refractivity contribution < 1.29 is 18.7 Å². The summed E-state index contributed by atoms with van der Waals surface area (Å²) in [5.41, 5.74) is 2.32. The van der Waals surface area contributed by atoms with Crippen LogP contribution in [0.2, 0.25) is 0 Å². The van der Waals surface area contributed by atoms with Gasteiger partial charge in [0.1, 0.15) is 5.82 Å². The lowest BCUT2D eigenvalue weighted by Gasteiger charge is -2.30. The second kappa shape index (κ2) is 9.51. The highest BCUT2D eigenvalue weighted by Crippen LogP contribution is 2.36. The van der Waals surface area contributed by atoms with Crippen LogP contribution < -0.4 is 15.0 Å². The van der Waals surface area contributed by atoms with Crippen LogP contribution in [0, 0.1) is 5.82 Å². The summed E-state index contributed by atoms with van der Waals surface area (Å²) in [6.07, 6.45) is 6.01. The number of nitrogens with zero attached hydrogens (tertiary/aromatic N) is 1. The summed E-state index contributed by atoms with van der Waals surface area (Å²) < 4.78 is 20.2. The van der Waals surface area contributed by atoms with E-state index in [1.54, 1.807) is 60.7 Å². The number of carbonyl (C=O) groups excluding carboxylic acids is 2. The number of halogens is 1. The molecule has 34 heavy (non-hydrogen) atoms. The third-order valence-electron chi connectivity index (χ3n) is 6.28. The molecular formula is C28H25FN2O3. The first-order valence-electron chi connectivity index (χ1n) is 11.5. The predicted molar refractivity (Wildman–Crippen MR) is 129 cm³/mol. The van der Waals surface area contributed by atoms with Crippen LogP contribution in [0.3, 0.4) is 0 Å². The van der Waals surface area contributed by atoms with E-state index in [1.165, 1.54) is 11.0 Å². The summed E-state index contributed by atoms with van der Waals surface area (Å²) in [7, 11) is 0. The number of para-hydroxylation sites is 2. The SMILES string of the molecule is O=C(NC1CCCC1)c1ccc(/C=C2\Oc3ccccc3N(Cc3ccccc3F)C2=O)cc1. The highest BCUT2D eigenvalue weighted by Gasteiger charge is 2.30. The van der Waals surface area contributed by atoms with Crippen LogP contribution in [-0.2, 0) is 11.3 Å². The molecule has 1 aliphatic heterocycles. The molecule has 5 rings (SSSR count). The third kappa shape index (κ3) is 4.57. The maximum absolute atomic E-state index is 14.3. The molecule has 0 bridgehead atoms. The topological polar surface area (TPSA) is 58.6 Å². The van der Waals surface area contributed by atoms with Crippen molar-refractivity contribution in [3.63, 3.8) is 0 Å². The molecule has 1 N–H and O–H groups in total. The lowest BCUT2D eigenvalue weighted by molar-refractivity contribution is -0.117. The summed E-state index contributed by atoms with van der Waals surface area (Å²) in [5.74, 6) is -0.141. The fraction of sp³-hybridized carbons (Fsp3) is 0.214. The van der Waals surface area contributed by atoms with E-state index in [-0.39, 0.29) is 36.0 Å². The fourth-order valence-electron chi connectivity index (χ4n) is 4.44. The molecule has 0 unspecified atom stereocenters. The molecule has 1 aliphatic carbocycles. The minimum Gasteiger partial charge on any atom is -0.449 e. The molecule has 1 saturated carbocycles. The molecule has 6 heteroatoms. The van der Waals surface area contributed by atoms with Gasteiger partial charge in [0, 0.05) is 17.2 Å². The molecule has 3 aromatic rings. The molecule has 2 aliphatic rings. The zero-order valence-corrected chi connectivity index (χ0v) is 18.7. The highest BCUT2D eigenvalue weighted by molar-refractivity contribution is 6.09. The first-order chi connectivity index (χ1) is 16.6. The van der Waals surface area contributed by atoms with Crippen LogP contribution in [0.15, 0.2) is 78.6 Å². The van der Waals surface area contributed by atoms with E-state index in [9.17, 15) is 14.0 Å². The molecule has 172 valence electrons. The van der Waals surface area contributed by atoms with Crippen LogP contribution >= 0.6 is 0 Å². The summed E-state index contributed by atoms with van der Waals surface area (Å²) >= 11 is 0. The van der Waals surface area contributed by atoms with Gasteiger partial charge in [-0.2, -0.15) is 0 Å². The van der Waals surface area contributed by atoms with E-state index in [2.05, 4.69) is 5.32 Å². The Morgan fingerprint density at radius 2 is 1.71 bits per heavy atom. The van der Waals surface area contributed by atoms with Crippen molar-refractivity contribution in [2.75, 3.05) is 4.90 Å². The Kier molecular flexibility index (Phi) is 6.12. The maximum atomic E-state index is 14.3. The molecule has 0 saturated heterocycles. The van der Waals surface area contributed by atoms with E-state index in [0.717, 1.165) is 31.2 Å². The minimum atomic E-state index is -0.365. The van der Waals surface area contributed by atoms with Gasteiger partial charge in [-0.25, -0.2) is 4.39 Å².